The van der Waals surface area contributed by atoms with Gasteiger partial charge in [-0.1, -0.05) is 25.1 Å². The van der Waals surface area contributed by atoms with Crippen LogP contribution in [0.4, 0.5) is 16.2 Å². The third-order valence-corrected chi connectivity index (χ3v) is 3.85. The summed E-state index contributed by atoms with van der Waals surface area (Å²) in [6.45, 7) is 2.98. The first-order chi connectivity index (χ1) is 11.2. The van der Waals surface area contributed by atoms with Gasteiger partial charge < -0.3 is 10.1 Å². The summed E-state index contributed by atoms with van der Waals surface area (Å²) < 4.78 is 4.91. The summed E-state index contributed by atoms with van der Waals surface area (Å²) in [4.78, 5) is 25.4. The van der Waals surface area contributed by atoms with Crippen molar-refractivity contribution in [2.75, 3.05) is 23.4 Å². The molecule has 5 nitrogen and oxygen atoms in total. The highest BCUT2D eigenvalue weighted by atomic mass is 16.6. The number of para-hydroxylation sites is 1. The number of ether oxygens (including phenoxy) is 1. The Morgan fingerprint density at radius 2 is 1.91 bits per heavy atom. The number of amides is 2. The zero-order chi connectivity index (χ0) is 16.2. The van der Waals surface area contributed by atoms with Gasteiger partial charge >= 0.3 is 6.09 Å². The van der Waals surface area contributed by atoms with Gasteiger partial charge in [0.1, 0.15) is 6.61 Å². The molecule has 1 aliphatic rings. The molecule has 1 saturated heterocycles. The van der Waals surface area contributed by atoms with E-state index < -0.39 is 0 Å². The number of aryl methyl sites for hydroxylation is 1. The molecule has 23 heavy (non-hydrogen) atoms. The number of rotatable bonds is 4. The Labute approximate surface area is 134 Å². The fourth-order valence-corrected chi connectivity index (χ4v) is 2.57. The van der Waals surface area contributed by atoms with Crippen LogP contribution in [0.1, 0.15) is 22.8 Å². The van der Waals surface area contributed by atoms with E-state index >= 15 is 0 Å². The average Bonchev–Trinajstić information content (AvgIpc) is 3.01. The number of hydrogen-bond acceptors (Lipinski definition) is 3. The molecule has 2 aromatic carbocycles. The largest absolute Gasteiger partial charge is 0.447 e. The molecule has 0 bridgehead atoms. The summed E-state index contributed by atoms with van der Waals surface area (Å²) in [6, 6.07) is 14.7. The number of carbonyl (C=O) groups is 2. The second-order valence-electron chi connectivity index (χ2n) is 5.28. The van der Waals surface area contributed by atoms with Crippen molar-refractivity contribution in [2.45, 2.75) is 13.3 Å². The lowest BCUT2D eigenvalue weighted by Crippen LogP contribution is -2.23. The Morgan fingerprint density at radius 1 is 1.17 bits per heavy atom. The van der Waals surface area contributed by atoms with Crippen molar-refractivity contribution in [2.24, 2.45) is 0 Å². The van der Waals surface area contributed by atoms with E-state index in [4.69, 9.17) is 4.74 Å². The molecule has 0 atom stereocenters. The molecule has 0 saturated carbocycles. The normalized spacial score (nSPS) is 13.8. The van der Waals surface area contributed by atoms with Crippen molar-refractivity contribution in [1.82, 2.24) is 0 Å². The standard InChI is InChI=1S/C18H18N2O3/c1-2-13-5-3-4-6-16(13)19-17(21)14-7-9-15(10-8-14)20-11-12-23-18(20)22/h3-10H,2,11-12H2,1H3,(H,19,21). The third-order valence-electron chi connectivity index (χ3n) is 3.85. The number of cyclic esters (lactones) is 1. The second kappa shape index (κ2) is 6.52. The zero-order valence-electron chi connectivity index (χ0n) is 12.9. The molecule has 3 rings (SSSR count). The lowest BCUT2D eigenvalue weighted by Gasteiger charge is -2.13. The Balaban J connectivity index is 1.74. The minimum absolute atomic E-state index is 0.165. The monoisotopic (exact) mass is 310 g/mol. The average molecular weight is 310 g/mol. The highest BCUT2D eigenvalue weighted by Gasteiger charge is 2.23. The van der Waals surface area contributed by atoms with Crippen LogP contribution in [-0.2, 0) is 11.2 Å². The predicted octanol–water partition coefficient (Wildman–Crippen LogP) is 3.46. The fraction of sp³-hybridized carbons (Fsp3) is 0.222. The summed E-state index contributed by atoms with van der Waals surface area (Å²) in [6.07, 6.45) is 0.506. The molecule has 1 N–H and O–H groups in total. The summed E-state index contributed by atoms with van der Waals surface area (Å²) in [5.74, 6) is -0.165. The van der Waals surface area contributed by atoms with Crippen molar-refractivity contribution >= 4 is 23.4 Å². The number of benzene rings is 2. The van der Waals surface area contributed by atoms with Gasteiger partial charge in [-0.2, -0.15) is 0 Å². The molecule has 2 amide bonds. The van der Waals surface area contributed by atoms with Gasteiger partial charge in [-0.3, -0.25) is 9.69 Å². The molecule has 0 spiro atoms. The summed E-state index contributed by atoms with van der Waals surface area (Å²) in [5.41, 5.74) is 3.20. The maximum Gasteiger partial charge on any atom is 0.414 e. The highest BCUT2D eigenvalue weighted by molar-refractivity contribution is 6.05. The van der Waals surface area contributed by atoms with E-state index in [1.807, 2.05) is 24.3 Å². The topological polar surface area (TPSA) is 58.6 Å². The maximum absolute atomic E-state index is 12.4. The first kappa shape index (κ1) is 15.1. The molecular weight excluding hydrogens is 292 g/mol. The molecule has 0 unspecified atom stereocenters. The van der Waals surface area contributed by atoms with E-state index in [1.165, 1.54) is 0 Å². The van der Waals surface area contributed by atoms with Crippen LogP contribution in [0.25, 0.3) is 0 Å². The Bertz CT molecular complexity index is 725. The van der Waals surface area contributed by atoms with E-state index in [-0.39, 0.29) is 12.0 Å². The van der Waals surface area contributed by atoms with Crippen LogP contribution in [0, 0.1) is 0 Å². The first-order valence-corrected chi connectivity index (χ1v) is 7.62. The van der Waals surface area contributed by atoms with Crippen LogP contribution in [-0.4, -0.2) is 25.2 Å². The molecule has 118 valence electrons. The van der Waals surface area contributed by atoms with E-state index in [0.29, 0.717) is 18.7 Å². The number of nitrogens with one attached hydrogen (secondary N) is 1. The Morgan fingerprint density at radius 3 is 2.57 bits per heavy atom. The molecule has 5 heteroatoms. The smallest absolute Gasteiger partial charge is 0.414 e. The summed E-state index contributed by atoms with van der Waals surface area (Å²) >= 11 is 0. The zero-order valence-corrected chi connectivity index (χ0v) is 12.9. The van der Waals surface area contributed by atoms with Gasteiger partial charge in [0.15, 0.2) is 0 Å². The lowest BCUT2D eigenvalue weighted by molar-refractivity contribution is 0.102. The van der Waals surface area contributed by atoms with E-state index in [2.05, 4.69) is 12.2 Å². The van der Waals surface area contributed by atoms with Gasteiger partial charge in [-0.25, -0.2) is 4.79 Å². The minimum Gasteiger partial charge on any atom is -0.447 e. The van der Waals surface area contributed by atoms with Crippen LogP contribution in [0.3, 0.4) is 0 Å². The lowest BCUT2D eigenvalue weighted by atomic mass is 10.1. The van der Waals surface area contributed by atoms with Gasteiger partial charge in [0, 0.05) is 16.9 Å². The molecule has 0 aliphatic carbocycles. The Hall–Kier alpha value is -2.82. The van der Waals surface area contributed by atoms with Crippen molar-refractivity contribution in [3.8, 4) is 0 Å². The second-order valence-corrected chi connectivity index (χ2v) is 5.28. The van der Waals surface area contributed by atoms with Gasteiger partial charge in [0.25, 0.3) is 5.91 Å². The molecule has 2 aromatic rings. The van der Waals surface area contributed by atoms with E-state index in [0.717, 1.165) is 23.4 Å². The quantitative estimate of drug-likeness (QED) is 0.941. The number of hydrogen-bond donors (Lipinski definition) is 1. The van der Waals surface area contributed by atoms with Gasteiger partial charge in [-0.15, -0.1) is 0 Å². The van der Waals surface area contributed by atoms with Gasteiger partial charge in [0.2, 0.25) is 0 Å². The molecule has 0 aromatic heterocycles. The predicted molar refractivity (Wildman–Crippen MR) is 88.9 cm³/mol. The first-order valence-electron chi connectivity index (χ1n) is 7.62. The molecule has 0 radical (unpaired) electrons. The molecule has 1 aliphatic heterocycles. The number of carbonyl (C=O) groups excluding carboxylic acids is 2. The van der Waals surface area contributed by atoms with Gasteiger partial charge in [0.05, 0.1) is 6.54 Å². The van der Waals surface area contributed by atoms with E-state index in [9.17, 15) is 9.59 Å². The van der Waals surface area contributed by atoms with Crippen LogP contribution in [0.5, 0.6) is 0 Å². The fourth-order valence-electron chi connectivity index (χ4n) is 2.57. The summed E-state index contributed by atoms with van der Waals surface area (Å²) in [5, 5.41) is 2.93. The molecule has 1 heterocycles. The third kappa shape index (κ3) is 3.18. The number of nitrogens with zero attached hydrogens (tertiary/aromatic N) is 1. The van der Waals surface area contributed by atoms with Crippen LogP contribution >= 0.6 is 0 Å². The van der Waals surface area contributed by atoms with Crippen LogP contribution < -0.4 is 10.2 Å². The van der Waals surface area contributed by atoms with Crippen molar-refractivity contribution in [3.05, 3.63) is 59.7 Å². The highest BCUT2D eigenvalue weighted by Crippen LogP contribution is 2.21. The van der Waals surface area contributed by atoms with Crippen molar-refractivity contribution < 1.29 is 14.3 Å². The van der Waals surface area contributed by atoms with Crippen LogP contribution in [0.15, 0.2) is 48.5 Å². The van der Waals surface area contributed by atoms with Crippen molar-refractivity contribution in [1.29, 1.82) is 0 Å². The maximum atomic E-state index is 12.4. The SMILES string of the molecule is CCc1ccccc1NC(=O)c1ccc(N2CCOC2=O)cc1. The van der Waals surface area contributed by atoms with Gasteiger partial charge in [-0.05, 0) is 42.3 Å². The molecule has 1 fully saturated rings. The Kier molecular flexibility index (Phi) is 4.28. The minimum atomic E-state index is -0.348. The summed E-state index contributed by atoms with van der Waals surface area (Å²) in [7, 11) is 0. The number of anilines is 2. The van der Waals surface area contributed by atoms with Crippen LogP contribution in [0.2, 0.25) is 0 Å². The molecular formula is C18H18N2O3. The van der Waals surface area contributed by atoms with E-state index in [1.54, 1.807) is 29.2 Å². The van der Waals surface area contributed by atoms with Crippen molar-refractivity contribution in [3.63, 3.8) is 0 Å².